The Morgan fingerprint density at radius 1 is 1.10 bits per heavy atom. The van der Waals surface area contributed by atoms with E-state index in [4.69, 9.17) is 9.47 Å². The Bertz CT molecular complexity index is 917. The van der Waals surface area contributed by atoms with Crippen molar-refractivity contribution in [2.45, 2.75) is 54.1 Å². The average Bonchev–Trinajstić information content (AvgIpc) is 2.70. The van der Waals surface area contributed by atoms with Crippen molar-refractivity contribution in [1.82, 2.24) is 4.90 Å². The number of phenolic OH excluding ortho intramolecular Hbond substituents is 1. The molecule has 0 aliphatic heterocycles. The zero-order valence-corrected chi connectivity index (χ0v) is 19.1. The summed E-state index contributed by atoms with van der Waals surface area (Å²) in [6.45, 7) is 13.3. The van der Waals surface area contributed by atoms with E-state index >= 15 is 0 Å². The largest absolute Gasteiger partial charge is 0.508 e. The van der Waals surface area contributed by atoms with E-state index in [2.05, 4.69) is 31.0 Å². The smallest absolute Gasteiger partial charge is 0.397 e. The van der Waals surface area contributed by atoms with E-state index in [1.165, 1.54) is 0 Å². The van der Waals surface area contributed by atoms with Gasteiger partial charge in [0.1, 0.15) is 17.2 Å². The summed E-state index contributed by atoms with van der Waals surface area (Å²) in [5, 5.41) is 12.8. The fraction of sp³-hybridized carbons (Fsp3) is 0.417. The number of nitrogens with zero attached hydrogens (tertiary/aromatic N) is 1. The van der Waals surface area contributed by atoms with Gasteiger partial charge in [-0.2, -0.15) is 0 Å². The highest BCUT2D eigenvalue weighted by Crippen LogP contribution is 2.33. The Morgan fingerprint density at radius 3 is 2.29 bits per heavy atom. The van der Waals surface area contributed by atoms with E-state index in [-0.39, 0.29) is 12.4 Å². The van der Waals surface area contributed by atoms with Crippen LogP contribution < -0.4 is 10.1 Å². The van der Waals surface area contributed by atoms with Crippen molar-refractivity contribution in [1.29, 1.82) is 0 Å². The van der Waals surface area contributed by atoms with Crippen LogP contribution in [0.5, 0.6) is 17.2 Å². The van der Waals surface area contributed by atoms with Gasteiger partial charge in [0.05, 0.1) is 6.61 Å². The predicted molar refractivity (Wildman–Crippen MR) is 121 cm³/mol. The molecule has 1 amide bonds. The Kier molecular flexibility index (Phi) is 8.45. The molecule has 31 heavy (non-hydrogen) atoms. The van der Waals surface area contributed by atoms with Crippen molar-refractivity contribution in [3.05, 3.63) is 47.0 Å². The second-order valence-corrected chi connectivity index (χ2v) is 7.66. The van der Waals surface area contributed by atoms with Crippen molar-refractivity contribution in [3.8, 4) is 17.2 Å². The lowest BCUT2D eigenvalue weighted by molar-refractivity contribution is -0.152. The molecule has 0 aliphatic rings. The molecule has 2 aromatic rings. The molecule has 2 rings (SSSR count). The van der Waals surface area contributed by atoms with Crippen LogP contribution in [-0.4, -0.2) is 41.1 Å². The van der Waals surface area contributed by atoms with Crippen LogP contribution in [0, 0.1) is 13.8 Å². The van der Waals surface area contributed by atoms with Crippen LogP contribution in [0.1, 0.15) is 44.4 Å². The third-order valence-corrected chi connectivity index (χ3v) is 4.96. The zero-order valence-electron chi connectivity index (χ0n) is 19.1. The molecule has 0 spiro atoms. The number of aryl methyl sites for hydroxylation is 2. The van der Waals surface area contributed by atoms with Crippen LogP contribution in [0.15, 0.2) is 30.3 Å². The summed E-state index contributed by atoms with van der Waals surface area (Å²) in [6.07, 6.45) is 0. The Hall–Kier alpha value is -3.06. The second-order valence-electron chi connectivity index (χ2n) is 7.66. The predicted octanol–water partition coefficient (Wildman–Crippen LogP) is 4.53. The van der Waals surface area contributed by atoms with Gasteiger partial charge in [-0.05, 0) is 82.6 Å². The highest BCUT2D eigenvalue weighted by atomic mass is 16.5. The summed E-state index contributed by atoms with van der Waals surface area (Å²) in [6, 6.07) is 9.03. The molecule has 7 nitrogen and oxygen atoms in total. The Labute approximate surface area is 184 Å². The summed E-state index contributed by atoms with van der Waals surface area (Å²) in [4.78, 5) is 25.7. The van der Waals surface area contributed by atoms with Crippen LogP contribution in [0.3, 0.4) is 0 Å². The maximum absolute atomic E-state index is 11.9. The molecule has 2 N–H and O–H groups in total. The number of carbonyl (C=O) groups excluding carboxylic acids is 2. The number of hydrogen-bond donors (Lipinski definition) is 2. The van der Waals surface area contributed by atoms with E-state index in [0.717, 1.165) is 23.2 Å². The molecular weight excluding hydrogens is 396 g/mol. The monoisotopic (exact) mass is 428 g/mol. The van der Waals surface area contributed by atoms with Crippen LogP contribution >= 0.6 is 0 Å². The van der Waals surface area contributed by atoms with Gasteiger partial charge in [0.15, 0.2) is 0 Å². The lowest BCUT2D eigenvalue weighted by Gasteiger charge is -2.25. The van der Waals surface area contributed by atoms with Gasteiger partial charge in [0.25, 0.3) is 0 Å². The van der Waals surface area contributed by atoms with Crippen molar-refractivity contribution >= 4 is 17.6 Å². The Morgan fingerprint density at radius 2 is 1.74 bits per heavy atom. The molecule has 0 fully saturated rings. The summed E-state index contributed by atoms with van der Waals surface area (Å²) < 4.78 is 10.8. The number of phenols is 1. The quantitative estimate of drug-likeness (QED) is 0.474. The number of rotatable bonds is 8. The third kappa shape index (κ3) is 6.46. The van der Waals surface area contributed by atoms with Crippen molar-refractivity contribution < 1.29 is 24.2 Å². The first kappa shape index (κ1) is 24.2. The minimum Gasteiger partial charge on any atom is -0.508 e. The molecule has 0 aromatic heterocycles. The third-order valence-electron chi connectivity index (χ3n) is 4.96. The maximum atomic E-state index is 11.9. The van der Waals surface area contributed by atoms with Gasteiger partial charge in [0.2, 0.25) is 0 Å². The van der Waals surface area contributed by atoms with E-state index in [1.807, 2.05) is 19.9 Å². The molecule has 168 valence electrons. The van der Waals surface area contributed by atoms with Crippen LogP contribution in [0.2, 0.25) is 0 Å². The zero-order chi connectivity index (χ0) is 23.1. The number of anilines is 1. The number of amides is 1. The highest BCUT2D eigenvalue weighted by molar-refractivity contribution is 6.37. The van der Waals surface area contributed by atoms with Gasteiger partial charge >= 0.3 is 11.9 Å². The van der Waals surface area contributed by atoms with Gasteiger partial charge in [-0.15, -0.1) is 0 Å². The number of benzene rings is 2. The number of carbonyl (C=O) groups is 2. The molecule has 7 heteroatoms. The van der Waals surface area contributed by atoms with Crippen LogP contribution in [0.4, 0.5) is 5.69 Å². The normalized spacial score (nSPS) is 11.0. The first-order chi connectivity index (χ1) is 14.7. The topological polar surface area (TPSA) is 88.1 Å². The number of nitrogens with one attached hydrogen (secondary N) is 1. The van der Waals surface area contributed by atoms with E-state index in [0.29, 0.717) is 29.8 Å². The van der Waals surface area contributed by atoms with Crippen LogP contribution in [-0.2, 0) is 20.9 Å². The van der Waals surface area contributed by atoms with Crippen molar-refractivity contribution in [3.63, 3.8) is 0 Å². The first-order valence-corrected chi connectivity index (χ1v) is 10.5. The van der Waals surface area contributed by atoms with E-state index in [1.54, 1.807) is 31.2 Å². The standard InChI is InChI=1S/C24H32N2O5/c1-7-26(15(3)4)14-18-13-20(9-10-21(18)27)31-22-16(5)11-19(12-17(22)6)25-23(28)24(29)30-8-2/h9-13,15,27H,7-8,14H2,1-6H3,(H,25,28). The molecule has 2 aromatic carbocycles. The summed E-state index contributed by atoms with van der Waals surface area (Å²) >= 11 is 0. The Balaban J connectivity index is 2.22. The lowest BCUT2D eigenvalue weighted by atomic mass is 10.1. The van der Waals surface area contributed by atoms with Gasteiger partial charge in [-0.25, -0.2) is 4.79 Å². The number of ether oxygens (including phenoxy) is 2. The number of aromatic hydroxyl groups is 1. The molecule has 0 bridgehead atoms. The molecule has 0 saturated carbocycles. The summed E-state index contributed by atoms with van der Waals surface area (Å²) in [5.41, 5.74) is 2.88. The molecule has 0 heterocycles. The number of esters is 1. The van der Waals surface area contributed by atoms with E-state index in [9.17, 15) is 14.7 Å². The van der Waals surface area contributed by atoms with Crippen molar-refractivity contribution in [2.75, 3.05) is 18.5 Å². The summed E-state index contributed by atoms with van der Waals surface area (Å²) in [7, 11) is 0. The fourth-order valence-corrected chi connectivity index (χ4v) is 3.31. The first-order valence-electron chi connectivity index (χ1n) is 10.5. The fourth-order valence-electron chi connectivity index (χ4n) is 3.31. The van der Waals surface area contributed by atoms with Gasteiger partial charge < -0.3 is 19.9 Å². The molecule has 0 atom stereocenters. The van der Waals surface area contributed by atoms with Gasteiger partial charge in [-0.3, -0.25) is 9.69 Å². The minimum atomic E-state index is -0.919. The maximum Gasteiger partial charge on any atom is 0.397 e. The second kappa shape index (κ2) is 10.8. The van der Waals surface area contributed by atoms with Gasteiger partial charge in [0, 0.05) is 23.8 Å². The molecular formula is C24H32N2O5. The van der Waals surface area contributed by atoms with Crippen molar-refractivity contribution in [2.24, 2.45) is 0 Å². The molecule has 0 radical (unpaired) electrons. The van der Waals surface area contributed by atoms with Gasteiger partial charge in [-0.1, -0.05) is 6.92 Å². The average molecular weight is 429 g/mol. The molecule has 0 aliphatic carbocycles. The molecule has 0 unspecified atom stereocenters. The number of hydrogen-bond acceptors (Lipinski definition) is 6. The van der Waals surface area contributed by atoms with Crippen LogP contribution in [0.25, 0.3) is 0 Å². The van der Waals surface area contributed by atoms with E-state index < -0.39 is 11.9 Å². The SMILES string of the molecule is CCOC(=O)C(=O)Nc1cc(C)c(Oc2ccc(O)c(CN(CC)C(C)C)c2)c(C)c1. The highest BCUT2D eigenvalue weighted by Gasteiger charge is 2.17. The minimum absolute atomic E-state index is 0.138. The summed E-state index contributed by atoms with van der Waals surface area (Å²) in [5.74, 6) is -0.235. The molecule has 0 saturated heterocycles. The lowest BCUT2D eigenvalue weighted by Crippen LogP contribution is -2.29.